The first-order valence-electron chi connectivity index (χ1n) is 3.83. The van der Waals surface area contributed by atoms with Gasteiger partial charge in [0.2, 0.25) is 0 Å². The number of rotatable bonds is 1. The molecule has 72 valence electrons. The van der Waals surface area contributed by atoms with Crippen LogP contribution in [0.2, 0.25) is 0 Å². The zero-order chi connectivity index (χ0) is 10.1. The van der Waals surface area contributed by atoms with E-state index in [-0.39, 0.29) is 5.82 Å². The Morgan fingerprint density at radius 3 is 2.79 bits per heavy atom. The van der Waals surface area contributed by atoms with Crippen molar-refractivity contribution in [2.24, 2.45) is 0 Å². The lowest BCUT2D eigenvalue weighted by Gasteiger charge is -2.00. The smallest absolute Gasteiger partial charge is 0.137 e. The summed E-state index contributed by atoms with van der Waals surface area (Å²) in [6.45, 7) is 0. The zero-order valence-corrected chi connectivity index (χ0v) is 9.40. The number of halogens is 2. The van der Waals surface area contributed by atoms with Gasteiger partial charge in [-0.2, -0.15) is 0 Å². The maximum atomic E-state index is 12.9. The molecule has 0 unspecified atom stereocenters. The Balaban J connectivity index is 2.53. The second kappa shape index (κ2) is 3.67. The van der Waals surface area contributed by atoms with Crippen molar-refractivity contribution < 1.29 is 4.39 Å². The van der Waals surface area contributed by atoms with Crippen LogP contribution in [0, 0.1) is 5.82 Å². The molecule has 14 heavy (non-hydrogen) atoms. The molecule has 0 saturated carbocycles. The number of nitrogen functional groups attached to an aromatic ring is 1. The molecule has 2 aromatic rings. The second-order valence-electron chi connectivity index (χ2n) is 2.69. The molecule has 0 atom stereocenters. The highest BCUT2D eigenvalue weighted by atomic mass is 79.9. The van der Waals surface area contributed by atoms with Gasteiger partial charge in [-0.05, 0) is 34.1 Å². The highest BCUT2D eigenvalue weighted by molar-refractivity contribution is 9.10. The molecule has 0 amide bonds. The fraction of sp³-hybridized carbons (Fsp3) is 0. The van der Waals surface area contributed by atoms with Gasteiger partial charge in [-0.1, -0.05) is 0 Å². The van der Waals surface area contributed by atoms with Gasteiger partial charge in [0.1, 0.15) is 16.5 Å². The van der Waals surface area contributed by atoms with Crippen LogP contribution in [0.25, 0.3) is 11.3 Å². The molecule has 5 heteroatoms. The third kappa shape index (κ3) is 1.65. The van der Waals surface area contributed by atoms with Crippen LogP contribution in [0.5, 0.6) is 0 Å². The van der Waals surface area contributed by atoms with Crippen molar-refractivity contribution in [3.05, 3.63) is 34.0 Å². The number of hydrogen-bond acceptors (Lipinski definition) is 3. The minimum Gasteiger partial charge on any atom is -0.389 e. The van der Waals surface area contributed by atoms with Crippen molar-refractivity contribution in [1.82, 2.24) is 4.98 Å². The zero-order valence-electron chi connectivity index (χ0n) is 7.00. The van der Waals surface area contributed by atoms with Gasteiger partial charge in [0.05, 0.1) is 9.98 Å². The molecule has 2 nitrogen and oxygen atoms in total. The molecular formula is C9H6BrFN2S. The molecule has 1 aromatic carbocycles. The molecule has 0 saturated heterocycles. The molecule has 0 aliphatic heterocycles. The van der Waals surface area contributed by atoms with E-state index in [0.29, 0.717) is 15.2 Å². The maximum Gasteiger partial charge on any atom is 0.137 e. The van der Waals surface area contributed by atoms with Crippen molar-refractivity contribution in [3.63, 3.8) is 0 Å². The predicted molar refractivity (Wildman–Crippen MR) is 59.6 cm³/mol. The van der Waals surface area contributed by atoms with E-state index < -0.39 is 0 Å². The highest BCUT2D eigenvalue weighted by Crippen LogP contribution is 2.30. The largest absolute Gasteiger partial charge is 0.389 e. The third-order valence-corrected chi connectivity index (χ3v) is 3.05. The van der Waals surface area contributed by atoms with Crippen LogP contribution < -0.4 is 5.73 Å². The molecular weight excluding hydrogens is 267 g/mol. The van der Waals surface area contributed by atoms with Crippen LogP contribution in [-0.2, 0) is 0 Å². The Kier molecular flexibility index (Phi) is 2.52. The number of benzene rings is 1. The van der Waals surface area contributed by atoms with E-state index in [1.54, 1.807) is 17.6 Å². The number of aromatic nitrogens is 1. The summed E-state index contributed by atoms with van der Waals surface area (Å²) in [7, 11) is 0. The van der Waals surface area contributed by atoms with E-state index in [4.69, 9.17) is 5.73 Å². The van der Waals surface area contributed by atoms with Gasteiger partial charge in [-0.25, -0.2) is 9.37 Å². The van der Waals surface area contributed by atoms with E-state index in [1.807, 2.05) is 0 Å². The SMILES string of the molecule is Nc1scnc1-c1ccc(F)c(Br)c1. The first kappa shape index (κ1) is 9.61. The lowest BCUT2D eigenvalue weighted by molar-refractivity contribution is 0.621. The molecule has 0 spiro atoms. The molecule has 0 radical (unpaired) electrons. The first-order valence-corrected chi connectivity index (χ1v) is 5.50. The van der Waals surface area contributed by atoms with Gasteiger partial charge in [0, 0.05) is 5.56 Å². The summed E-state index contributed by atoms with van der Waals surface area (Å²) in [6, 6.07) is 4.71. The minimum absolute atomic E-state index is 0.289. The van der Waals surface area contributed by atoms with Gasteiger partial charge in [0.25, 0.3) is 0 Å². The summed E-state index contributed by atoms with van der Waals surface area (Å²) in [5.74, 6) is -0.289. The normalized spacial score (nSPS) is 10.4. The Morgan fingerprint density at radius 2 is 2.21 bits per heavy atom. The minimum atomic E-state index is -0.289. The lowest BCUT2D eigenvalue weighted by Crippen LogP contribution is -1.86. The van der Waals surface area contributed by atoms with Crippen molar-refractivity contribution >= 4 is 32.3 Å². The molecule has 0 bridgehead atoms. The summed E-state index contributed by atoms with van der Waals surface area (Å²) in [5.41, 5.74) is 8.90. The molecule has 1 aromatic heterocycles. The fourth-order valence-corrected chi connectivity index (χ4v) is 2.05. The Morgan fingerprint density at radius 1 is 1.43 bits per heavy atom. The number of thiazole rings is 1. The van der Waals surface area contributed by atoms with E-state index in [9.17, 15) is 4.39 Å². The predicted octanol–water partition coefficient (Wildman–Crippen LogP) is 3.29. The fourth-order valence-electron chi connectivity index (χ4n) is 1.12. The Hall–Kier alpha value is -0.940. The first-order chi connectivity index (χ1) is 6.68. The van der Waals surface area contributed by atoms with Crippen LogP contribution in [-0.4, -0.2) is 4.98 Å². The summed E-state index contributed by atoms with van der Waals surface area (Å²) in [6.07, 6.45) is 0. The molecule has 1 heterocycles. The standard InChI is InChI=1S/C9H6BrFN2S/c10-6-3-5(1-2-7(6)11)8-9(12)14-4-13-8/h1-4H,12H2. The van der Waals surface area contributed by atoms with E-state index in [0.717, 1.165) is 5.56 Å². The lowest BCUT2D eigenvalue weighted by atomic mass is 10.1. The van der Waals surface area contributed by atoms with Crippen molar-refractivity contribution in [1.29, 1.82) is 0 Å². The van der Waals surface area contributed by atoms with Crippen LogP contribution in [0.1, 0.15) is 0 Å². The van der Waals surface area contributed by atoms with Gasteiger partial charge in [0.15, 0.2) is 0 Å². The van der Waals surface area contributed by atoms with Crippen LogP contribution in [0.4, 0.5) is 9.39 Å². The molecule has 0 fully saturated rings. The molecule has 0 aliphatic rings. The van der Waals surface area contributed by atoms with Crippen LogP contribution >= 0.6 is 27.3 Å². The summed E-state index contributed by atoms with van der Waals surface area (Å²) in [5, 5.41) is 0.642. The topological polar surface area (TPSA) is 38.9 Å². The summed E-state index contributed by atoms with van der Waals surface area (Å²) in [4.78, 5) is 4.11. The average molecular weight is 273 g/mol. The van der Waals surface area contributed by atoms with Crippen molar-refractivity contribution in [2.45, 2.75) is 0 Å². The number of anilines is 1. The van der Waals surface area contributed by atoms with Gasteiger partial charge in [-0.3, -0.25) is 0 Å². The Labute approximate surface area is 92.7 Å². The van der Waals surface area contributed by atoms with E-state index in [2.05, 4.69) is 20.9 Å². The average Bonchev–Trinajstić information content (AvgIpc) is 2.57. The molecule has 2 N–H and O–H groups in total. The van der Waals surface area contributed by atoms with Crippen LogP contribution in [0.3, 0.4) is 0 Å². The number of nitrogens with two attached hydrogens (primary N) is 1. The van der Waals surface area contributed by atoms with E-state index >= 15 is 0 Å². The summed E-state index contributed by atoms with van der Waals surface area (Å²) < 4.78 is 13.4. The summed E-state index contributed by atoms with van der Waals surface area (Å²) >= 11 is 4.48. The second-order valence-corrected chi connectivity index (χ2v) is 4.43. The maximum absolute atomic E-state index is 12.9. The van der Waals surface area contributed by atoms with Gasteiger partial charge in [-0.15, -0.1) is 11.3 Å². The van der Waals surface area contributed by atoms with Crippen LogP contribution in [0.15, 0.2) is 28.2 Å². The van der Waals surface area contributed by atoms with Gasteiger partial charge >= 0.3 is 0 Å². The molecule has 0 aliphatic carbocycles. The number of nitrogens with zero attached hydrogens (tertiary/aromatic N) is 1. The monoisotopic (exact) mass is 272 g/mol. The van der Waals surface area contributed by atoms with Crippen molar-refractivity contribution in [2.75, 3.05) is 5.73 Å². The quantitative estimate of drug-likeness (QED) is 0.865. The highest BCUT2D eigenvalue weighted by Gasteiger charge is 2.07. The van der Waals surface area contributed by atoms with Gasteiger partial charge < -0.3 is 5.73 Å². The van der Waals surface area contributed by atoms with E-state index in [1.165, 1.54) is 17.4 Å². The third-order valence-electron chi connectivity index (χ3n) is 1.79. The Bertz CT molecular complexity index is 470. The number of hydrogen-bond donors (Lipinski definition) is 1. The van der Waals surface area contributed by atoms with Crippen molar-refractivity contribution in [3.8, 4) is 11.3 Å². The molecule has 2 rings (SSSR count).